The van der Waals surface area contributed by atoms with E-state index in [0.717, 1.165) is 24.0 Å². The Hall–Kier alpha value is -4.12. The highest BCUT2D eigenvalue weighted by molar-refractivity contribution is 6.40. The summed E-state index contributed by atoms with van der Waals surface area (Å²) in [5.41, 5.74) is 4.01. The summed E-state index contributed by atoms with van der Waals surface area (Å²) in [6.45, 7) is 1.18. The minimum atomic E-state index is -0.604. The molecule has 3 aromatic carbocycles. The normalized spacial score (nSPS) is 18.9. The first-order chi connectivity index (χ1) is 21.7. The van der Waals surface area contributed by atoms with Crippen molar-refractivity contribution in [1.29, 1.82) is 0 Å². The number of fused-ring (bicyclic) bond motifs is 3. The number of amides is 1. The molecule has 45 heavy (non-hydrogen) atoms. The number of aromatic nitrogens is 2. The average Bonchev–Trinajstić information content (AvgIpc) is 3.58. The van der Waals surface area contributed by atoms with Crippen molar-refractivity contribution in [3.8, 4) is 28.0 Å². The van der Waals surface area contributed by atoms with Crippen LogP contribution in [0.3, 0.4) is 0 Å². The number of para-hydroxylation sites is 1. The van der Waals surface area contributed by atoms with Gasteiger partial charge in [-0.25, -0.2) is 9.18 Å². The Kier molecular flexibility index (Phi) is 7.67. The topological polar surface area (TPSA) is 86.1 Å². The van der Waals surface area contributed by atoms with Crippen molar-refractivity contribution in [1.82, 2.24) is 14.7 Å². The molecule has 4 heterocycles. The molecule has 2 bridgehead atoms. The highest BCUT2D eigenvalue weighted by Crippen LogP contribution is 2.43. The number of carbonyl (C=O) groups is 2. The van der Waals surface area contributed by atoms with E-state index in [4.69, 9.17) is 37.4 Å². The zero-order chi connectivity index (χ0) is 31.4. The molecule has 1 aromatic heterocycles. The maximum absolute atomic E-state index is 15.8. The van der Waals surface area contributed by atoms with Crippen molar-refractivity contribution in [2.75, 3.05) is 32.0 Å². The third-order valence-electron chi connectivity index (χ3n) is 8.70. The Morgan fingerprint density at radius 3 is 2.42 bits per heavy atom. The number of hydrogen-bond acceptors (Lipinski definition) is 7. The van der Waals surface area contributed by atoms with Crippen LogP contribution in [-0.2, 0) is 23.1 Å². The van der Waals surface area contributed by atoms with Gasteiger partial charge in [0.05, 0.1) is 72.0 Å². The van der Waals surface area contributed by atoms with Gasteiger partial charge in [0.1, 0.15) is 11.6 Å². The molecule has 4 aromatic rings. The summed E-state index contributed by atoms with van der Waals surface area (Å²) in [6.07, 6.45) is 5.37. The molecule has 0 spiro atoms. The number of methoxy groups -OCH3 is 1. The smallest absolute Gasteiger partial charge is 0.340 e. The second kappa shape index (κ2) is 11.7. The second-order valence-corrected chi connectivity index (χ2v) is 12.3. The Bertz CT molecular complexity index is 1810. The molecule has 12 heteroatoms. The number of morpholine rings is 1. The summed E-state index contributed by atoms with van der Waals surface area (Å²) in [5, 5.41) is 4.60. The molecule has 9 nitrogen and oxygen atoms in total. The number of esters is 1. The molecule has 0 radical (unpaired) electrons. The summed E-state index contributed by atoms with van der Waals surface area (Å²) < 4.78 is 34.4. The molecule has 7 rings (SSSR count). The van der Waals surface area contributed by atoms with Crippen LogP contribution >= 0.6 is 23.2 Å². The van der Waals surface area contributed by atoms with Gasteiger partial charge >= 0.3 is 5.97 Å². The highest BCUT2D eigenvalue weighted by atomic mass is 35.5. The highest BCUT2D eigenvalue weighted by Gasteiger charge is 2.40. The molecule has 0 saturated carbocycles. The van der Waals surface area contributed by atoms with E-state index in [1.165, 1.54) is 18.1 Å². The van der Waals surface area contributed by atoms with Gasteiger partial charge in [0.25, 0.3) is 5.91 Å². The minimum absolute atomic E-state index is 0.0862. The molecule has 0 aliphatic carbocycles. The van der Waals surface area contributed by atoms with Gasteiger partial charge in [-0.3, -0.25) is 9.48 Å². The maximum atomic E-state index is 15.8. The van der Waals surface area contributed by atoms with E-state index in [1.807, 2.05) is 19.3 Å². The van der Waals surface area contributed by atoms with Gasteiger partial charge in [-0.05, 0) is 42.7 Å². The fourth-order valence-electron chi connectivity index (χ4n) is 6.57. The van der Waals surface area contributed by atoms with Crippen LogP contribution in [0.25, 0.3) is 22.3 Å². The van der Waals surface area contributed by atoms with Crippen LogP contribution in [0.2, 0.25) is 10.0 Å². The van der Waals surface area contributed by atoms with Crippen molar-refractivity contribution in [2.45, 2.75) is 31.5 Å². The van der Waals surface area contributed by atoms with E-state index in [-0.39, 0.29) is 52.1 Å². The Morgan fingerprint density at radius 1 is 1.02 bits per heavy atom. The van der Waals surface area contributed by atoms with Crippen molar-refractivity contribution < 1.29 is 28.2 Å². The van der Waals surface area contributed by atoms with Crippen molar-refractivity contribution in [2.24, 2.45) is 7.05 Å². The number of nitrogens with zero attached hydrogens (tertiary/aromatic N) is 4. The summed E-state index contributed by atoms with van der Waals surface area (Å²) in [7, 11) is 3.10. The van der Waals surface area contributed by atoms with Crippen LogP contribution in [0, 0.1) is 5.82 Å². The lowest BCUT2D eigenvalue weighted by Gasteiger charge is -2.37. The van der Waals surface area contributed by atoms with Crippen LogP contribution < -0.4 is 9.64 Å². The summed E-state index contributed by atoms with van der Waals surface area (Å²) in [6, 6.07) is 11.9. The van der Waals surface area contributed by atoms with Gasteiger partial charge in [-0.15, -0.1) is 0 Å². The van der Waals surface area contributed by atoms with Crippen LogP contribution in [0.5, 0.6) is 5.75 Å². The summed E-state index contributed by atoms with van der Waals surface area (Å²) in [5.74, 6) is -1.11. The number of benzene rings is 3. The van der Waals surface area contributed by atoms with E-state index < -0.39 is 17.7 Å². The molecular formula is C33H29Cl2FN4O5. The van der Waals surface area contributed by atoms with E-state index in [9.17, 15) is 9.59 Å². The van der Waals surface area contributed by atoms with E-state index >= 15 is 4.39 Å². The predicted molar refractivity (Wildman–Crippen MR) is 167 cm³/mol. The largest absolute Gasteiger partial charge is 0.472 e. The van der Waals surface area contributed by atoms with Crippen LogP contribution in [0.4, 0.5) is 10.1 Å². The molecular weight excluding hydrogens is 622 g/mol. The number of anilines is 1. The number of halogens is 3. The molecule has 2 fully saturated rings. The van der Waals surface area contributed by atoms with Crippen molar-refractivity contribution in [3.63, 3.8) is 0 Å². The van der Waals surface area contributed by atoms with Crippen LogP contribution in [-0.4, -0.2) is 65.7 Å². The van der Waals surface area contributed by atoms with E-state index in [0.29, 0.717) is 35.8 Å². The Balaban J connectivity index is 1.21. The fraction of sp³-hybridized carbons (Fsp3) is 0.303. The van der Waals surface area contributed by atoms with Crippen LogP contribution in [0.1, 0.15) is 39.1 Å². The van der Waals surface area contributed by atoms with Crippen molar-refractivity contribution >= 4 is 40.8 Å². The van der Waals surface area contributed by atoms with E-state index in [2.05, 4.69) is 10.00 Å². The Morgan fingerprint density at radius 2 is 1.76 bits per heavy atom. The lowest BCUT2D eigenvalue weighted by Crippen LogP contribution is -2.46. The SMILES string of the molecule is COC(=O)c1cc(F)c(-c2cccc3c2OCN(C(=O)c2c(Cl)cc(-c4cnn(C)c4)cc2Cl)C3)cc1N1C2CCC1COC2. The molecule has 2 atom stereocenters. The molecule has 0 N–H and O–H groups in total. The molecule has 3 aliphatic heterocycles. The standard InChI is InChI=1S/C33H29Cl2FN4O5/c1-38-13-20(12-37-38)19-8-26(34)30(27(35)9-19)32(41)39-14-18-4-3-5-23(31(18)45-17-39)24-11-29(25(10-28(24)36)33(42)43-2)40-21-6-7-22(40)16-44-15-21/h3-5,8-13,21-22H,6-7,14-17H2,1-2H3. The number of hydrogen-bond donors (Lipinski definition) is 0. The minimum Gasteiger partial charge on any atom is -0.472 e. The first-order valence-electron chi connectivity index (χ1n) is 14.5. The lowest BCUT2D eigenvalue weighted by atomic mass is 9.96. The third kappa shape index (κ3) is 5.20. The summed E-state index contributed by atoms with van der Waals surface area (Å²) >= 11 is 13.2. The number of carbonyl (C=O) groups excluding carboxylic acids is 2. The second-order valence-electron chi connectivity index (χ2n) is 11.5. The quantitative estimate of drug-likeness (QED) is 0.233. The first-order valence-corrected chi connectivity index (χ1v) is 15.3. The predicted octanol–water partition coefficient (Wildman–Crippen LogP) is 6.35. The number of aryl methyl sites for hydroxylation is 1. The Labute approximate surface area is 269 Å². The average molecular weight is 652 g/mol. The monoisotopic (exact) mass is 650 g/mol. The maximum Gasteiger partial charge on any atom is 0.340 e. The lowest BCUT2D eigenvalue weighted by molar-refractivity contribution is 0.0515. The molecule has 232 valence electrons. The van der Waals surface area contributed by atoms with Crippen LogP contribution in [0.15, 0.2) is 54.9 Å². The molecule has 3 aliphatic rings. The van der Waals surface area contributed by atoms with Gasteiger partial charge in [0.15, 0.2) is 6.73 Å². The summed E-state index contributed by atoms with van der Waals surface area (Å²) in [4.78, 5) is 30.1. The first kappa shape index (κ1) is 29.6. The molecule has 1 amide bonds. The van der Waals surface area contributed by atoms with Gasteiger partial charge in [-0.1, -0.05) is 41.4 Å². The zero-order valence-corrected chi connectivity index (χ0v) is 26.1. The van der Waals surface area contributed by atoms with Gasteiger partial charge < -0.3 is 24.0 Å². The van der Waals surface area contributed by atoms with E-state index in [1.54, 1.807) is 41.2 Å². The molecule has 2 unspecified atom stereocenters. The number of ether oxygens (including phenoxy) is 3. The zero-order valence-electron chi connectivity index (χ0n) is 24.6. The van der Waals surface area contributed by atoms with Gasteiger partial charge in [-0.2, -0.15) is 5.10 Å². The third-order valence-corrected chi connectivity index (χ3v) is 9.30. The van der Waals surface area contributed by atoms with Gasteiger partial charge in [0, 0.05) is 35.5 Å². The van der Waals surface area contributed by atoms with Gasteiger partial charge in [0.2, 0.25) is 0 Å². The number of rotatable bonds is 5. The van der Waals surface area contributed by atoms with Crippen molar-refractivity contribution in [3.05, 3.63) is 87.4 Å². The fourth-order valence-corrected chi connectivity index (χ4v) is 7.21. The molecule has 2 saturated heterocycles.